The lowest BCUT2D eigenvalue weighted by Crippen LogP contribution is -2.21. The number of nitrogens with one attached hydrogen (secondary N) is 1. The fraction of sp³-hybridized carbons (Fsp3) is 0.353. The highest BCUT2D eigenvalue weighted by Gasteiger charge is 2.05. The van der Waals surface area contributed by atoms with E-state index in [9.17, 15) is 0 Å². The first-order valence-electron chi connectivity index (χ1n) is 7.41. The number of hydrogen-bond acceptors (Lipinski definition) is 2. The van der Waals surface area contributed by atoms with Crippen molar-refractivity contribution in [2.75, 3.05) is 0 Å². The summed E-state index contributed by atoms with van der Waals surface area (Å²) in [6.45, 7) is 6.05. The number of nitrogens with zero attached hydrogens (tertiary/aromatic N) is 3. The van der Waals surface area contributed by atoms with Crippen molar-refractivity contribution in [2.45, 2.75) is 33.0 Å². The van der Waals surface area contributed by atoms with Gasteiger partial charge in [-0.1, -0.05) is 26.0 Å². The monoisotopic (exact) mass is 282 g/mol. The molecule has 0 radical (unpaired) electrons. The molecular formula is C17H22N4. The van der Waals surface area contributed by atoms with Crippen LogP contribution in [-0.4, -0.2) is 20.4 Å². The fourth-order valence-corrected chi connectivity index (χ4v) is 2.52. The van der Waals surface area contributed by atoms with Gasteiger partial charge in [0.15, 0.2) is 0 Å². The average molecular weight is 282 g/mol. The van der Waals surface area contributed by atoms with Crippen LogP contribution in [0.2, 0.25) is 0 Å². The molecule has 0 aliphatic rings. The smallest absolute Gasteiger partial charge is 0.0821 e. The van der Waals surface area contributed by atoms with Crippen LogP contribution in [0.25, 0.3) is 10.9 Å². The van der Waals surface area contributed by atoms with Crippen LogP contribution in [0.5, 0.6) is 0 Å². The van der Waals surface area contributed by atoms with Crippen LogP contribution >= 0.6 is 0 Å². The molecule has 3 aromatic rings. The van der Waals surface area contributed by atoms with Crippen molar-refractivity contribution in [1.29, 1.82) is 0 Å². The molecule has 4 heteroatoms. The van der Waals surface area contributed by atoms with E-state index >= 15 is 0 Å². The summed E-state index contributed by atoms with van der Waals surface area (Å²) >= 11 is 0. The number of rotatable bonds is 5. The Kier molecular flexibility index (Phi) is 3.80. The topological polar surface area (TPSA) is 34.8 Å². The van der Waals surface area contributed by atoms with Crippen molar-refractivity contribution in [3.05, 3.63) is 54.0 Å². The summed E-state index contributed by atoms with van der Waals surface area (Å²) in [5, 5.41) is 9.20. The van der Waals surface area contributed by atoms with E-state index in [4.69, 9.17) is 0 Å². The second-order valence-electron chi connectivity index (χ2n) is 5.85. The Bertz CT molecular complexity index is 736. The van der Waals surface area contributed by atoms with Gasteiger partial charge in [-0.15, -0.1) is 0 Å². The first kappa shape index (κ1) is 13.9. The summed E-state index contributed by atoms with van der Waals surface area (Å²) in [6.07, 6.45) is 4.12. The summed E-state index contributed by atoms with van der Waals surface area (Å²) in [4.78, 5) is 0. The Labute approximate surface area is 125 Å². The lowest BCUT2D eigenvalue weighted by molar-refractivity contribution is 0.589. The van der Waals surface area contributed by atoms with Gasteiger partial charge < -0.3 is 9.88 Å². The summed E-state index contributed by atoms with van der Waals surface area (Å²) in [6, 6.07) is 11.4. The average Bonchev–Trinajstić information content (AvgIpc) is 3.04. The molecule has 2 heterocycles. The maximum absolute atomic E-state index is 4.46. The van der Waals surface area contributed by atoms with Crippen molar-refractivity contribution in [3.63, 3.8) is 0 Å². The molecule has 0 amide bonds. The zero-order chi connectivity index (χ0) is 14.8. The third-order valence-electron chi connectivity index (χ3n) is 3.65. The van der Waals surface area contributed by atoms with E-state index in [2.05, 4.69) is 65.4 Å². The first-order chi connectivity index (χ1) is 10.1. The molecule has 0 unspecified atom stereocenters. The van der Waals surface area contributed by atoms with E-state index in [0.29, 0.717) is 6.04 Å². The molecule has 0 saturated heterocycles. The third kappa shape index (κ3) is 3.16. The van der Waals surface area contributed by atoms with Crippen LogP contribution in [0.4, 0.5) is 0 Å². The predicted molar refractivity (Wildman–Crippen MR) is 86.2 cm³/mol. The molecule has 0 aliphatic carbocycles. The molecule has 0 atom stereocenters. The van der Waals surface area contributed by atoms with E-state index in [1.165, 1.54) is 16.5 Å². The van der Waals surface area contributed by atoms with Crippen molar-refractivity contribution in [1.82, 2.24) is 19.7 Å². The van der Waals surface area contributed by atoms with Gasteiger partial charge in [0.05, 0.1) is 12.2 Å². The predicted octanol–water partition coefficient (Wildman–Crippen LogP) is 2.92. The summed E-state index contributed by atoms with van der Waals surface area (Å²) in [7, 11) is 1.95. The van der Waals surface area contributed by atoms with Crippen molar-refractivity contribution < 1.29 is 0 Å². The molecule has 0 bridgehead atoms. The van der Waals surface area contributed by atoms with Gasteiger partial charge in [-0.2, -0.15) is 5.10 Å². The molecule has 0 spiro atoms. The molecule has 110 valence electrons. The van der Waals surface area contributed by atoms with Crippen molar-refractivity contribution in [2.24, 2.45) is 7.05 Å². The third-order valence-corrected chi connectivity index (χ3v) is 3.65. The maximum atomic E-state index is 4.46. The second kappa shape index (κ2) is 5.74. The highest BCUT2D eigenvalue weighted by molar-refractivity contribution is 5.80. The Morgan fingerprint density at radius 1 is 1.14 bits per heavy atom. The Hall–Kier alpha value is -2.07. The van der Waals surface area contributed by atoms with Gasteiger partial charge in [-0.3, -0.25) is 4.68 Å². The minimum absolute atomic E-state index is 0.501. The van der Waals surface area contributed by atoms with Gasteiger partial charge in [-0.05, 0) is 29.1 Å². The van der Waals surface area contributed by atoms with E-state index in [1.807, 2.05) is 17.9 Å². The fourth-order valence-electron chi connectivity index (χ4n) is 2.52. The number of aryl methyl sites for hydroxylation is 1. The zero-order valence-electron chi connectivity index (χ0n) is 12.9. The van der Waals surface area contributed by atoms with E-state index in [-0.39, 0.29) is 0 Å². The maximum Gasteiger partial charge on any atom is 0.0821 e. The Balaban J connectivity index is 1.86. The largest absolute Gasteiger partial charge is 0.341 e. The van der Waals surface area contributed by atoms with Gasteiger partial charge in [0.2, 0.25) is 0 Å². The van der Waals surface area contributed by atoms with E-state index < -0.39 is 0 Å². The van der Waals surface area contributed by atoms with Crippen molar-refractivity contribution in [3.8, 4) is 0 Å². The van der Waals surface area contributed by atoms with E-state index in [0.717, 1.165) is 18.8 Å². The highest BCUT2D eigenvalue weighted by Crippen LogP contribution is 2.19. The molecule has 21 heavy (non-hydrogen) atoms. The molecule has 0 fully saturated rings. The normalized spacial score (nSPS) is 11.6. The lowest BCUT2D eigenvalue weighted by Gasteiger charge is -2.09. The summed E-state index contributed by atoms with van der Waals surface area (Å²) < 4.78 is 4.11. The highest BCUT2D eigenvalue weighted by atomic mass is 15.3. The molecule has 0 aliphatic heterocycles. The Morgan fingerprint density at radius 3 is 2.71 bits per heavy atom. The van der Waals surface area contributed by atoms with Gasteiger partial charge >= 0.3 is 0 Å². The number of aromatic nitrogens is 3. The van der Waals surface area contributed by atoms with Crippen LogP contribution in [0.3, 0.4) is 0 Å². The minimum atomic E-state index is 0.501. The van der Waals surface area contributed by atoms with E-state index in [1.54, 1.807) is 0 Å². The number of benzene rings is 1. The number of hydrogen-bond donors (Lipinski definition) is 1. The molecule has 0 saturated carbocycles. The molecule has 4 nitrogen and oxygen atoms in total. The Morgan fingerprint density at radius 2 is 2.00 bits per heavy atom. The standard InChI is InChI=1S/C17H22N4/c1-13(2)18-11-14-4-5-15-6-9-21(17(15)10-14)12-16-7-8-20(3)19-16/h4-10,13,18H,11-12H2,1-3H3. The summed E-state index contributed by atoms with van der Waals surface area (Å²) in [5.41, 5.74) is 3.67. The lowest BCUT2D eigenvalue weighted by atomic mass is 10.1. The van der Waals surface area contributed by atoms with Crippen LogP contribution in [0, 0.1) is 0 Å². The first-order valence-corrected chi connectivity index (χ1v) is 7.41. The molecule has 2 aromatic heterocycles. The molecule has 3 rings (SSSR count). The minimum Gasteiger partial charge on any atom is -0.341 e. The van der Waals surface area contributed by atoms with Crippen LogP contribution in [-0.2, 0) is 20.1 Å². The van der Waals surface area contributed by atoms with Gasteiger partial charge in [0.25, 0.3) is 0 Å². The van der Waals surface area contributed by atoms with Gasteiger partial charge in [0.1, 0.15) is 0 Å². The van der Waals surface area contributed by atoms with Crippen molar-refractivity contribution >= 4 is 10.9 Å². The SMILES string of the molecule is CC(C)NCc1ccc2ccn(Cc3ccn(C)n3)c2c1. The zero-order valence-corrected chi connectivity index (χ0v) is 12.9. The van der Waals surface area contributed by atoms with Crippen LogP contribution in [0.1, 0.15) is 25.1 Å². The molecule has 1 N–H and O–H groups in total. The van der Waals surface area contributed by atoms with Gasteiger partial charge in [0, 0.05) is 37.5 Å². The summed E-state index contributed by atoms with van der Waals surface area (Å²) in [5.74, 6) is 0. The van der Waals surface area contributed by atoms with Crippen LogP contribution in [0.15, 0.2) is 42.7 Å². The molecular weight excluding hydrogens is 260 g/mol. The molecule has 1 aromatic carbocycles. The van der Waals surface area contributed by atoms with Gasteiger partial charge in [-0.25, -0.2) is 0 Å². The number of fused-ring (bicyclic) bond motifs is 1. The van der Waals surface area contributed by atoms with Crippen LogP contribution < -0.4 is 5.32 Å². The quantitative estimate of drug-likeness (QED) is 0.781. The second-order valence-corrected chi connectivity index (χ2v) is 5.85.